The predicted octanol–water partition coefficient (Wildman–Crippen LogP) is 0.653. The van der Waals surface area contributed by atoms with Gasteiger partial charge in [0.15, 0.2) is 0 Å². The first-order valence-corrected chi connectivity index (χ1v) is 10.6. The number of aromatic nitrogens is 2. The van der Waals surface area contributed by atoms with Crippen molar-refractivity contribution in [3.05, 3.63) is 28.7 Å². The Balaban J connectivity index is 1.84. The average molecular weight is 392 g/mol. The van der Waals surface area contributed by atoms with Gasteiger partial charge in [0.2, 0.25) is 15.9 Å². The maximum Gasteiger partial charge on any atom is 0.328 e. The SMILES string of the molecule is CN1CCCC2(CCCN2S(=O)(=O)c2ccc3c(c2)n(C)c(=O)n3C)C1=O. The number of hydrogen-bond donors (Lipinski definition) is 0. The first-order chi connectivity index (χ1) is 12.7. The number of hydrogen-bond acceptors (Lipinski definition) is 4. The van der Waals surface area contributed by atoms with Gasteiger partial charge in [-0.15, -0.1) is 0 Å². The van der Waals surface area contributed by atoms with Gasteiger partial charge >= 0.3 is 5.69 Å². The molecule has 1 spiro atoms. The lowest BCUT2D eigenvalue weighted by molar-refractivity contribution is -0.142. The molecule has 0 radical (unpaired) electrons. The summed E-state index contributed by atoms with van der Waals surface area (Å²) < 4.78 is 31.3. The second kappa shape index (κ2) is 5.93. The van der Waals surface area contributed by atoms with Crippen molar-refractivity contribution >= 4 is 27.0 Å². The predicted molar refractivity (Wildman–Crippen MR) is 101 cm³/mol. The van der Waals surface area contributed by atoms with E-state index in [-0.39, 0.29) is 16.5 Å². The molecule has 2 aromatic rings. The molecular formula is C18H24N4O4S. The van der Waals surface area contributed by atoms with Crippen LogP contribution in [0.5, 0.6) is 0 Å². The fourth-order valence-electron chi connectivity index (χ4n) is 4.61. The lowest BCUT2D eigenvalue weighted by Gasteiger charge is -2.42. The number of imidazole rings is 1. The van der Waals surface area contributed by atoms with Crippen molar-refractivity contribution in [3.8, 4) is 0 Å². The summed E-state index contributed by atoms with van der Waals surface area (Å²) in [5.41, 5.74) is 0.0554. The van der Waals surface area contributed by atoms with E-state index in [0.717, 1.165) is 6.42 Å². The van der Waals surface area contributed by atoms with E-state index in [4.69, 9.17) is 0 Å². The monoisotopic (exact) mass is 392 g/mol. The van der Waals surface area contributed by atoms with E-state index >= 15 is 0 Å². The third-order valence-corrected chi connectivity index (χ3v) is 8.05. The number of aryl methyl sites for hydroxylation is 2. The summed E-state index contributed by atoms with van der Waals surface area (Å²) in [6, 6.07) is 4.72. The number of fused-ring (bicyclic) bond motifs is 1. The van der Waals surface area contributed by atoms with Crippen LogP contribution in [0.4, 0.5) is 0 Å². The van der Waals surface area contributed by atoms with Crippen LogP contribution in [0, 0.1) is 0 Å². The van der Waals surface area contributed by atoms with Crippen molar-refractivity contribution in [3.63, 3.8) is 0 Å². The van der Waals surface area contributed by atoms with Gasteiger partial charge in [-0.1, -0.05) is 0 Å². The fraction of sp³-hybridized carbons (Fsp3) is 0.556. The van der Waals surface area contributed by atoms with Crippen molar-refractivity contribution < 1.29 is 13.2 Å². The van der Waals surface area contributed by atoms with Gasteiger partial charge in [-0.3, -0.25) is 13.9 Å². The summed E-state index contributed by atoms with van der Waals surface area (Å²) in [6.07, 6.45) is 2.58. The topological polar surface area (TPSA) is 84.6 Å². The van der Waals surface area contributed by atoms with Crippen LogP contribution in [0.1, 0.15) is 25.7 Å². The van der Waals surface area contributed by atoms with Crippen molar-refractivity contribution in [2.45, 2.75) is 36.1 Å². The summed E-state index contributed by atoms with van der Waals surface area (Å²) in [6.45, 7) is 1.00. The highest BCUT2D eigenvalue weighted by molar-refractivity contribution is 7.89. The number of benzene rings is 1. The number of likely N-dealkylation sites (N-methyl/N-ethyl adjacent to an activating group) is 1. The number of rotatable bonds is 2. The van der Waals surface area contributed by atoms with Crippen LogP contribution < -0.4 is 5.69 Å². The summed E-state index contributed by atoms with van der Waals surface area (Å²) in [5.74, 6) is -0.108. The molecule has 1 aromatic heterocycles. The zero-order valence-corrected chi connectivity index (χ0v) is 16.6. The van der Waals surface area contributed by atoms with E-state index in [1.807, 2.05) is 0 Å². The largest absolute Gasteiger partial charge is 0.344 e. The quantitative estimate of drug-likeness (QED) is 0.751. The molecule has 1 unspecified atom stereocenters. The van der Waals surface area contributed by atoms with Crippen molar-refractivity contribution in [2.75, 3.05) is 20.1 Å². The molecule has 3 heterocycles. The summed E-state index contributed by atoms with van der Waals surface area (Å²) in [4.78, 5) is 26.8. The zero-order chi connectivity index (χ0) is 19.6. The molecule has 0 aliphatic carbocycles. The van der Waals surface area contributed by atoms with Crippen molar-refractivity contribution in [2.24, 2.45) is 14.1 Å². The molecule has 8 nitrogen and oxygen atoms in total. The number of carbonyl (C=O) groups is 1. The Morgan fingerprint density at radius 1 is 0.926 bits per heavy atom. The molecule has 2 aliphatic rings. The van der Waals surface area contributed by atoms with Crippen LogP contribution in [0.15, 0.2) is 27.9 Å². The lowest BCUT2D eigenvalue weighted by atomic mass is 9.87. The van der Waals surface area contributed by atoms with E-state index in [9.17, 15) is 18.0 Å². The number of piperidine rings is 1. The van der Waals surface area contributed by atoms with Crippen molar-refractivity contribution in [1.29, 1.82) is 0 Å². The summed E-state index contributed by atoms with van der Waals surface area (Å²) >= 11 is 0. The Morgan fingerprint density at radius 3 is 2.26 bits per heavy atom. The molecule has 1 aromatic carbocycles. The number of amides is 1. The highest BCUT2D eigenvalue weighted by Gasteiger charge is 2.54. The molecule has 2 saturated heterocycles. The standard InChI is InChI=1S/C18H24N4O4S/c1-19-10-4-8-18(16(19)23)9-5-11-22(18)27(25,26)13-6-7-14-15(12-13)21(3)17(24)20(14)2/h6-7,12H,4-5,8-11H2,1-3H3. The van der Waals surface area contributed by atoms with E-state index < -0.39 is 15.6 Å². The van der Waals surface area contributed by atoms with Gasteiger partial charge in [-0.05, 0) is 43.9 Å². The molecule has 1 atom stereocenters. The number of likely N-dealkylation sites (tertiary alicyclic amines) is 1. The minimum absolute atomic E-state index is 0.108. The zero-order valence-electron chi connectivity index (χ0n) is 15.8. The first-order valence-electron chi connectivity index (χ1n) is 9.14. The Morgan fingerprint density at radius 2 is 1.56 bits per heavy atom. The van der Waals surface area contributed by atoms with Gasteiger partial charge < -0.3 is 4.90 Å². The van der Waals surface area contributed by atoms with E-state index in [1.54, 1.807) is 32.1 Å². The Bertz CT molecular complexity index is 1100. The third kappa shape index (κ3) is 2.41. The molecular weight excluding hydrogens is 368 g/mol. The van der Waals surface area contributed by atoms with Crippen LogP contribution in [0.2, 0.25) is 0 Å². The van der Waals surface area contributed by atoms with Crippen LogP contribution in [-0.4, -0.2) is 58.3 Å². The molecule has 9 heteroatoms. The van der Waals surface area contributed by atoms with Gasteiger partial charge in [0.1, 0.15) is 5.54 Å². The maximum atomic E-state index is 13.5. The number of nitrogens with zero attached hydrogens (tertiary/aromatic N) is 4. The number of sulfonamides is 1. The number of carbonyl (C=O) groups excluding carboxylic acids is 1. The van der Waals surface area contributed by atoms with Gasteiger partial charge in [0.25, 0.3) is 0 Å². The van der Waals surface area contributed by atoms with E-state index in [2.05, 4.69) is 0 Å². The van der Waals surface area contributed by atoms with Gasteiger partial charge in [-0.2, -0.15) is 4.31 Å². The van der Waals surface area contributed by atoms with Crippen LogP contribution in [0.25, 0.3) is 11.0 Å². The van der Waals surface area contributed by atoms with Gasteiger partial charge in [-0.25, -0.2) is 13.2 Å². The molecule has 27 heavy (non-hydrogen) atoms. The van der Waals surface area contributed by atoms with Gasteiger partial charge in [0, 0.05) is 34.2 Å². The van der Waals surface area contributed by atoms with Gasteiger partial charge in [0.05, 0.1) is 15.9 Å². The Labute approximate surface area is 158 Å². The molecule has 4 rings (SSSR count). The minimum atomic E-state index is -3.85. The minimum Gasteiger partial charge on any atom is -0.344 e. The average Bonchev–Trinajstić information content (AvgIpc) is 3.17. The van der Waals surface area contributed by atoms with E-state index in [0.29, 0.717) is 43.4 Å². The van der Waals surface area contributed by atoms with Crippen LogP contribution in [-0.2, 0) is 28.9 Å². The molecule has 1 amide bonds. The highest BCUT2D eigenvalue weighted by atomic mass is 32.2. The Kier molecular flexibility index (Phi) is 4.01. The smallest absolute Gasteiger partial charge is 0.328 e. The Hall–Kier alpha value is -2.13. The molecule has 0 saturated carbocycles. The highest BCUT2D eigenvalue weighted by Crippen LogP contribution is 2.41. The first kappa shape index (κ1) is 18.2. The normalized spacial score (nSPS) is 24.4. The summed E-state index contributed by atoms with van der Waals surface area (Å²) in [5, 5.41) is 0. The molecule has 0 N–H and O–H groups in total. The summed E-state index contributed by atoms with van der Waals surface area (Å²) in [7, 11) is 1.16. The fourth-order valence-corrected chi connectivity index (χ4v) is 6.46. The second-order valence-corrected chi connectivity index (χ2v) is 9.46. The molecule has 0 bridgehead atoms. The van der Waals surface area contributed by atoms with Crippen molar-refractivity contribution in [1.82, 2.24) is 18.3 Å². The third-order valence-electron chi connectivity index (χ3n) is 6.09. The maximum absolute atomic E-state index is 13.5. The lowest BCUT2D eigenvalue weighted by Crippen LogP contribution is -2.60. The molecule has 2 aliphatic heterocycles. The molecule has 2 fully saturated rings. The van der Waals surface area contributed by atoms with E-state index in [1.165, 1.54) is 25.6 Å². The molecule has 146 valence electrons. The van der Waals surface area contributed by atoms with Crippen LogP contribution >= 0.6 is 0 Å². The second-order valence-electron chi connectivity index (χ2n) is 7.59. The van der Waals surface area contributed by atoms with Crippen LogP contribution in [0.3, 0.4) is 0 Å².